The van der Waals surface area contributed by atoms with Crippen molar-refractivity contribution in [2.75, 3.05) is 20.1 Å². The molecule has 2 amide bonds. The van der Waals surface area contributed by atoms with E-state index in [1.54, 1.807) is 7.05 Å². The maximum atomic E-state index is 11.7. The van der Waals surface area contributed by atoms with Gasteiger partial charge in [0.05, 0.1) is 12.6 Å². The lowest BCUT2D eigenvalue weighted by Gasteiger charge is -2.23. The molecule has 0 saturated heterocycles. The number of hydrogen-bond donors (Lipinski definition) is 2. The zero-order valence-electron chi connectivity index (χ0n) is 9.75. The molecule has 3 N–H and O–H groups in total. The topological polar surface area (TPSA) is 75.4 Å². The first-order valence-electron chi connectivity index (χ1n) is 5.31. The Balaban J connectivity index is 4.27. The predicted molar refractivity (Wildman–Crippen MR) is 59.2 cm³/mol. The molecule has 0 aliphatic heterocycles. The Morgan fingerprint density at radius 3 is 2.40 bits per heavy atom. The van der Waals surface area contributed by atoms with E-state index < -0.39 is 6.04 Å². The molecule has 5 heteroatoms. The van der Waals surface area contributed by atoms with E-state index in [0.29, 0.717) is 13.0 Å². The normalized spacial score (nSPS) is 12.0. The second-order valence-corrected chi connectivity index (χ2v) is 3.42. The summed E-state index contributed by atoms with van der Waals surface area (Å²) in [5, 5.41) is 2.48. The van der Waals surface area contributed by atoms with Gasteiger partial charge < -0.3 is 16.0 Å². The number of carbonyl (C=O) groups is 2. The summed E-state index contributed by atoms with van der Waals surface area (Å²) >= 11 is 0. The van der Waals surface area contributed by atoms with Gasteiger partial charge in [0.25, 0.3) is 0 Å². The van der Waals surface area contributed by atoms with E-state index in [1.807, 2.05) is 13.8 Å². The molecular formula is C10H21N3O2. The van der Waals surface area contributed by atoms with Crippen molar-refractivity contribution in [2.45, 2.75) is 32.7 Å². The molecule has 0 bridgehead atoms. The van der Waals surface area contributed by atoms with Crippen LogP contribution in [-0.2, 0) is 9.59 Å². The molecule has 0 spiro atoms. The Labute approximate surface area is 91.0 Å². The smallest absolute Gasteiger partial charge is 0.239 e. The highest BCUT2D eigenvalue weighted by molar-refractivity contribution is 5.87. The molecule has 0 aliphatic rings. The van der Waals surface area contributed by atoms with E-state index in [1.165, 1.54) is 4.90 Å². The second-order valence-electron chi connectivity index (χ2n) is 3.42. The maximum Gasteiger partial charge on any atom is 0.239 e. The van der Waals surface area contributed by atoms with Gasteiger partial charge in [0.2, 0.25) is 11.8 Å². The van der Waals surface area contributed by atoms with Crippen molar-refractivity contribution < 1.29 is 9.59 Å². The fourth-order valence-corrected chi connectivity index (χ4v) is 1.27. The summed E-state index contributed by atoms with van der Waals surface area (Å²) in [6, 6.07) is -0.486. The summed E-state index contributed by atoms with van der Waals surface area (Å²) in [5.74, 6) is -0.322. The van der Waals surface area contributed by atoms with E-state index in [0.717, 1.165) is 6.42 Å². The quantitative estimate of drug-likeness (QED) is 0.639. The van der Waals surface area contributed by atoms with Gasteiger partial charge in [0, 0.05) is 13.6 Å². The van der Waals surface area contributed by atoms with Crippen LogP contribution < -0.4 is 11.1 Å². The van der Waals surface area contributed by atoms with Gasteiger partial charge in [-0.05, 0) is 13.3 Å². The minimum atomic E-state index is -0.486. The Bertz CT molecular complexity index is 219. The lowest BCUT2D eigenvalue weighted by Crippen LogP contribution is -2.47. The molecule has 0 saturated carbocycles. The summed E-state index contributed by atoms with van der Waals surface area (Å²) < 4.78 is 0. The Kier molecular flexibility index (Phi) is 6.70. The maximum absolute atomic E-state index is 11.7. The zero-order chi connectivity index (χ0) is 11.8. The standard InChI is InChI=1S/C10H21N3O2/c1-4-6-8(11)10(15)13(5-2)7-9(14)12-3/h8H,4-7,11H2,1-3H3,(H,12,14)/t8-/m0/s1. The summed E-state index contributed by atoms with van der Waals surface area (Å²) in [4.78, 5) is 24.3. The van der Waals surface area contributed by atoms with Crippen LogP contribution in [-0.4, -0.2) is 42.9 Å². The first-order chi connectivity index (χ1) is 7.06. The summed E-state index contributed by atoms with van der Waals surface area (Å²) in [6.45, 7) is 4.40. The molecule has 88 valence electrons. The highest BCUT2D eigenvalue weighted by atomic mass is 16.2. The average molecular weight is 215 g/mol. The van der Waals surface area contributed by atoms with Crippen molar-refractivity contribution in [3.63, 3.8) is 0 Å². The number of nitrogens with two attached hydrogens (primary N) is 1. The van der Waals surface area contributed by atoms with Crippen molar-refractivity contribution in [3.8, 4) is 0 Å². The van der Waals surface area contributed by atoms with Crippen LogP contribution >= 0.6 is 0 Å². The molecule has 0 aliphatic carbocycles. The largest absolute Gasteiger partial charge is 0.358 e. The molecular weight excluding hydrogens is 194 g/mol. The van der Waals surface area contributed by atoms with E-state index in [2.05, 4.69) is 5.32 Å². The number of hydrogen-bond acceptors (Lipinski definition) is 3. The fraction of sp³-hybridized carbons (Fsp3) is 0.800. The molecule has 1 atom stereocenters. The summed E-state index contributed by atoms with van der Waals surface area (Å²) in [6.07, 6.45) is 1.52. The number of amides is 2. The van der Waals surface area contributed by atoms with Gasteiger partial charge in [0.1, 0.15) is 0 Å². The van der Waals surface area contributed by atoms with Crippen LogP contribution in [0.1, 0.15) is 26.7 Å². The number of nitrogens with zero attached hydrogens (tertiary/aromatic N) is 1. The Morgan fingerprint density at radius 2 is 2.00 bits per heavy atom. The SMILES string of the molecule is CCC[C@H](N)C(=O)N(CC)CC(=O)NC. The third-order valence-corrected chi connectivity index (χ3v) is 2.22. The summed E-state index contributed by atoms with van der Waals surface area (Å²) in [5.41, 5.74) is 5.70. The van der Waals surface area contributed by atoms with Gasteiger partial charge in [-0.15, -0.1) is 0 Å². The molecule has 0 radical (unpaired) electrons. The number of nitrogens with one attached hydrogen (secondary N) is 1. The van der Waals surface area contributed by atoms with Crippen LogP contribution in [0.3, 0.4) is 0 Å². The monoisotopic (exact) mass is 215 g/mol. The van der Waals surface area contributed by atoms with Crippen molar-refractivity contribution >= 4 is 11.8 Å². The minimum Gasteiger partial charge on any atom is -0.358 e. The van der Waals surface area contributed by atoms with Crippen molar-refractivity contribution in [1.82, 2.24) is 10.2 Å². The molecule has 15 heavy (non-hydrogen) atoms. The lowest BCUT2D eigenvalue weighted by molar-refractivity contribution is -0.136. The molecule has 0 rings (SSSR count). The zero-order valence-corrected chi connectivity index (χ0v) is 9.75. The van der Waals surface area contributed by atoms with Crippen LogP contribution in [0.15, 0.2) is 0 Å². The van der Waals surface area contributed by atoms with Gasteiger partial charge in [0.15, 0.2) is 0 Å². The minimum absolute atomic E-state index is 0.0866. The van der Waals surface area contributed by atoms with E-state index in [4.69, 9.17) is 5.73 Å². The fourth-order valence-electron chi connectivity index (χ4n) is 1.27. The molecule has 0 unspecified atom stereocenters. The van der Waals surface area contributed by atoms with Crippen molar-refractivity contribution in [1.29, 1.82) is 0 Å². The Hall–Kier alpha value is -1.10. The van der Waals surface area contributed by atoms with Gasteiger partial charge in [-0.1, -0.05) is 13.3 Å². The van der Waals surface area contributed by atoms with Gasteiger partial charge in [-0.2, -0.15) is 0 Å². The molecule has 0 aromatic carbocycles. The highest BCUT2D eigenvalue weighted by Gasteiger charge is 2.20. The first kappa shape index (κ1) is 13.9. The molecule has 0 fully saturated rings. The molecule has 0 heterocycles. The third kappa shape index (κ3) is 4.78. The molecule has 5 nitrogen and oxygen atoms in total. The third-order valence-electron chi connectivity index (χ3n) is 2.22. The molecule has 0 aromatic heterocycles. The number of carbonyl (C=O) groups excluding carboxylic acids is 2. The van der Waals surface area contributed by atoms with E-state index >= 15 is 0 Å². The van der Waals surface area contributed by atoms with Crippen molar-refractivity contribution in [3.05, 3.63) is 0 Å². The van der Waals surface area contributed by atoms with Gasteiger partial charge in [-0.3, -0.25) is 9.59 Å². The van der Waals surface area contributed by atoms with Crippen LogP contribution in [0.2, 0.25) is 0 Å². The second kappa shape index (κ2) is 7.23. The van der Waals surface area contributed by atoms with Crippen LogP contribution in [0.4, 0.5) is 0 Å². The Morgan fingerprint density at radius 1 is 1.40 bits per heavy atom. The van der Waals surface area contributed by atoms with E-state index in [9.17, 15) is 9.59 Å². The average Bonchev–Trinajstić information content (AvgIpc) is 2.24. The van der Waals surface area contributed by atoms with Crippen LogP contribution in [0.5, 0.6) is 0 Å². The van der Waals surface area contributed by atoms with Gasteiger partial charge in [-0.25, -0.2) is 0 Å². The molecule has 0 aromatic rings. The lowest BCUT2D eigenvalue weighted by atomic mass is 10.1. The van der Waals surface area contributed by atoms with E-state index in [-0.39, 0.29) is 18.4 Å². The van der Waals surface area contributed by atoms with Gasteiger partial charge >= 0.3 is 0 Å². The number of rotatable bonds is 6. The summed E-state index contributed by atoms with van der Waals surface area (Å²) in [7, 11) is 1.55. The van der Waals surface area contributed by atoms with Crippen LogP contribution in [0.25, 0.3) is 0 Å². The van der Waals surface area contributed by atoms with Crippen molar-refractivity contribution in [2.24, 2.45) is 5.73 Å². The predicted octanol–water partition coefficient (Wildman–Crippen LogP) is -0.292. The number of likely N-dealkylation sites (N-methyl/N-ethyl adjacent to an activating group) is 2. The highest BCUT2D eigenvalue weighted by Crippen LogP contribution is 1.99. The van der Waals surface area contributed by atoms with Crippen LogP contribution in [0, 0.1) is 0 Å². The first-order valence-corrected chi connectivity index (χ1v) is 5.31.